The van der Waals surface area contributed by atoms with Crippen LogP contribution in [0.15, 0.2) is 53.4 Å². The lowest BCUT2D eigenvalue weighted by Gasteiger charge is -2.19. The Labute approximate surface area is 165 Å². The zero-order chi connectivity index (χ0) is 20.2. The summed E-state index contributed by atoms with van der Waals surface area (Å²) in [6, 6.07) is 12.9. The summed E-state index contributed by atoms with van der Waals surface area (Å²) in [6.07, 6.45) is -0.709. The molecular weight excluding hydrogens is 388 g/mol. The zero-order valence-corrected chi connectivity index (χ0v) is 17.2. The number of sulfonamides is 1. The topological polar surface area (TPSA) is 75.7 Å². The molecule has 8 heteroatoms. The number of rotatable bonds is 7. The first-order valence-corrected chi connectivity index (χ1v) is 10.2. The van der Waals surface area contributed by atoms with E-state index in [-0.39, 0.29) is 16.8 Å². The predicted molar refractivity (Wildman–Crippen MR) is 105 cm³/mol. The van der Waals surface area contributed by atoms with E-state index in [2.05, 4.69) is 5.32 Å². The van der Waals surface area contributed by atoms with E-state index in [9.17, 15) is 13.2 Å². The molecule has 2 aromatic rings. The normalized spacial score (nSPS) is 13.9. The number of amides is 1. The molecule has 0 saturated heterocycles. The highest BCUT2D eigenvalue weighted by molar-refractivity contribution is 7.89. The molecule has 0 spiro atoms. The monoisotopic (exact) mass is 410 g/mol. The number of benzene rings is 2. The summed E-state index contributed by atoms with van der Waals surface area (Å²) in [5, 5.41) is 3.38. The first-order chi connectivity index (χ1) is 12.6. The highest BCUT2D eigenvalue weighted by Crippen LogP contribution is 2.20. The second-order valence-corrected chi connectivity index (χ2v) is 8.89. The highest BCUT2D eigenvalue weighted by atomic mass is 35.5. The summed E-state index contributed by atoms with van der Waals surface area (Å²) in [6.45, 7) is 3.47. The average molecular weight is 411 g/mol. The van der Waals surface area contributed by atoms with Crippen LogP contribution in [0.3, 0.4) is 0 Å². The van der Waals surface area contributed by atoms with E-state index in [4.69, 9.17) is 16.3 Å². The predicted octanol–water partition coefficient (Wildman–Crippen LogP) is 3.24. The van der Waals surface area contributed by atoms with Crippen molar-refractivity contribution in [3.8, 4) is 5.75 Å². The van der Waals surface area contributed by atoms with Gasteiger partial charge in [-0.1, -0.05) is 29.8 Å². The van der Waals surface area contributed by atoms with Crippen LogP contribution in [0.2, 0.25) is 5.02 Å². The van der Waals surface area contributed by atoms with Crippen LogP contribution in [0, 0.1) is 0 Å². The lowest BCUT2D eigenvalue weighted by atomic mass is 10.1. The third-order valence-electron chi connectivity index (χ3n) is 4.00. The van der Waals surface area contributed by atoms with E-state index >= 15 is 0 Å². The van der Waals surface area contributed by atoms with Crippen LogP contribution >= 0.6 is 11.6 Å². The van der Waals surface area contributed by atoms with Crippen LogP contribution in [0.4, 0.5) is 0 Å². The van der Waals surface area contributed by atoms with Crippen molar-refractivity contribution in [3.05, 3.63) is 59.1 Å². The Kier molecular flexibility index (Phi) is 6.86. The van der Waals surface area contributed by atoms with Gasteiger partial charge in [0.15, 0.2) is 6.10 Å². The molecular formula is C19H23ClN2O4S. The maximum absolute atomic E-state index is 12.4. The number of carbonyl (C=O) groups excluding carboxylic acids is 1. The minimum absolute atomic E-state index is 0.201. The van der Waals surface area contributed by atoms with Gasteiger partial charge in [-0.3, -0.25) is 4.79 Å². The third-order valence-corrected chi connectivity index (χ3v) is 6.06. The molecule has 0 aliphatic heterocycles. The number of ether oxygens (including phenoxy) is 1. The van der Waals surface area contributed by atoms with Gasteiger partial charge < -0.3 is 10.1 Å². The first-order valence-electron chi connectivity index (χ1n) is 8.36. The van der Waals surface area contributed by atoms with Gasteiger partial charge in [-0.2, -0.15) is 0 Å². The molecule has 146 valence electrons. The van der Waals surface area contributed by atoms with Gasteiger partial charge in [-0.15, -0.1) is 0 Å². The Morgan fingerprint density at radius 1 is 1.11 bits per heavy atom. The molecule has 2 unspecified atom stereocenters. The van der Waals surface area contributed by atoms with Crippen LogP contribution in [-0.2, 0) is 14.8 Å². The van der Waals surface area contributed by atoms with Gasteiger partial charge in [0, 0.05) is 19.1 Å². The largest absolute Gasteiger partial charge is 0.481 e. The maximum atomic E-state index is 12.4. The van der Waals surface area contributed by atoms with Crippen LogP contribution in [-0.4, -0.2) is 38.8 Å². The van der Waals surface area contributed by atoms with Gasteiger partial charge in [0.05, 0.1) is 10.9 Å². The number of halogens is 1. The van der Waals surface area contributed by atoms with Crippen molar-refractivity contribution in [2.45, 2.75) is 30.9 Å². The molecule has 0 bridgehead atoms. The zero-order valence-electron chi connectivity index (χ0n) is 15.6. The fraction of sp³-hybridized carbons (Fsp3) is 0.316. The molecule has 1 amide bonds. The summed E-state index contributed by atoms with van der Waals surface area (Å²) in [4.78, 5) is 12.6. The Balaban J connectivity index is 2.01. The number of carbonyl (C=O) groups is 1. The summed E-state index contributed by atoms with van der Waals surface area (Å²) in [5.74, 6) is 0.225. The number of nitrogens with one attached hydrogen (secondary N) is 1. The summed E-state index contributed by atoms with van der Waals surface area (Å²) in [5.41, 5.74) is 0.788. The fourth-order valence-corrected chi connectivity index (χ4v) is 3.43. The Morgan fingerprint density at radius 2 is 1.74 bits per heavy atom. The van der Waals surface area contributed by atoms with Crippen LogP contribution < -0.4 is 10.1 Å². The fourth-order valence-electron chi connectivity index (χ4n) is 2.35. The summed E-state index contributed by atoms with van der Waals surface area (Å²) in [7, 11) is -0.520. The van der Waals surface area contributed by atoms with E-state index in [1.807, 2.05) is 6.92 Å². The summed E-state index contributed by atoms with van der Waals surface area (Å²) < 4.78 is 31.0. The maximum Gasteiger partial charge on any atom is 0.261 e. The van der Waals surface area contributed by atoms with Gasteiger partial charge in [-0.05, 0) is 49.7 Å². The minimum atomic E-state index is -3.48. The molecule has 0 aliphatic rings. The lowest BCUT2D eigenvalue weighted by Crippen LogP contribution is -2.37. The molecule has 0 aromatic heterocycles. The first kappa shape index (κ1) is 21.2. The minimum Gasteiger partial charge on any atom is -0.481 e. The molecule has 0 fully saturated rings. The van der Waals surface area contributed by atoms with Gasteiger partial charge in [0.1, 0.15) is 5.75 Å². The van der Waals surface area contributed by atoms with Crippen molar-refractivity contribution in [1.82, 2.24) is 9.62 Å². The van der Waals surface area contributed by atoms with E-state index < -0.39 is 16.1 Å². The average Bonchev–Trinajstić information content (AvgIpc) is 2.61. The molecule has 2 atom stereocenters. The van der Waals surface area contributed by atoms with Gasteiger partial charge in [0.25, 0.3) is 5.91 Å². The van der Waals surface area contributed by atoms with E-state index in [0.717, 1.165) is 9.87 Å². The van der Waals surface area contributed by atoms with Crippen molar-refractivity contribution in [1.29, 1.82) is 0 Å². The van der Waals surface area contributed by atoms with E-state index in [1.54, 1.807) is 43.3 Å². The molecule has 0 aliphatic carbocycles. The standard InChI is InChI=1S/C19H23ClN2O4S/c1-13(15-8-10-18(11-9-15)27(24,25)22(3)4)21-19(23)14(2)26-17-7-5-6-16(20)12-17/h5-14H,1-4H3,(H,21,23). The molecule has 6 nitrogen and oxygen atoms in total. The van der Waals surface area contributed by atoms with Crippen molar-refractivity contribution in [2.24, 2.45) is 0 Å². The van der Waals surface area contributed by atoms with Gasteiger partial charge >= 0.3 is 0 Å². The second kappa shape index (κ2) is 8.73. The van der Waals surface area contributed by atoms with Crippen LogP contribution in [0.25, 0.3) is 0 Å². The van der Waals surface area contributed by atoms with Gasteiger partial charge in [-0.25, -0.2) is 12.7 Å². The Bertz CT molecular complexity index is 898. The number of hydrogen-bond acceptors (Lipinski definition) is 4. The summed E-state index contributed by atoms with van der Waals surface area (Å²) >= 11 is 5.91. The van der Waals surface area contributed by atoms with Crippen molar-refractivity contribution >= 4 is 27.5 Å². The Morgan fingerprint density at radius 3 is 2.30 bits per heavy atom. The molecule has 0 radical (unpaired) electrons. The molecule has 1 N–H and O–H groups in total. The van der Waals surface area contributed by atoms with Crippen molar-refractivity contribution < 1.29 is 17.9 Å². The lowest BCUT2D eigenvalue weighted by molar-refractivity contribution is -0.127. The highest BCUT2D eigenvalue weighted by Gasteiger charge is 2.20. The molecule has 0 saturated carbocycles. The van der Waals surface area contributed by atoms with Crippen LogP contribution in [0.5, 0.6) is 5.75 Å². The van der Waals surface area contributed by atoms with E-state index in [0.29, 0.717) is 10.8 Å². The van der Waals surface area contributed by atoms with Crippen molar-refractivity contribution in [2.75, 3.05) is 14.1 Å². The molecule has 27 heavy (non-hydrogen) atoms. The van der Waals surface area contributed by atoms with Crippen LogP contribution in [0.1, 0.15) is 25.5 Å². The van der Waals surface area contributed by atoms with E-state index in [1.165, 1.54) is 26.2 Å². The van der Waals surface area contributed by atoms with Crippen molar-refractivity contribution in [3.63, 3.8) is 0 Å². The third kappa shape index (κ3) is 5.45. The second-order valence-electron chi connectivity index (χ2n) is 6.30. The molecule has 2 aromatic carbocycles. The number of hydrogen-bond donors (Lipinski definition) is 1. The van der Waals surface area contributed by atoms with Gasteiger partial charge in [0.2, 0.25) is 10.0 Å². The Hall–Kier alpha value is -2.09. The molecule has 0 heterocycles. The smallest absolute Gasteiger partial charge is 0.261 e. The molecule has 2 rings (SSSR count). The SMILES string of the molecule is CC(Oc1cccc(Cl)c1)C(=O)NC(C)c1ccc(S(=O)(=O)N(C)C)cc1. The quantitative estimate of drug-likeness (QED) is 0.760. The number of nitrogens with zero attached hydrogens (tertiary/aromatic N) is 1.